The summed E-state index contributed by atoms with van der Waals surface area (Å²) in [6.07, 6.45) is 4.84. The number of anilines is 1. The van der Waals surface area contributed by atoms with Crippen molar-refractivity contribution in [1.29, 1.82) is 0 Å². The molecule has 110 valence electrons. The average molecular weight is 281 g/mol. The van der Waals surface area contributed by atoms with Crippen LogP contribution < -0.4 is 5.32 Å². The average Bonchev–Trinajstić information content (AvgIpc) is 2.74. The van der Waals surface area contributed by atoms with Gasteiger partial charge in [-0.15, -0.1) is 5.10 Å². The summed E-state index contributed by atoms with van der Waals surface area (Å²) in [4.78, 5) is 24.4. The van der Waals surface area contributed by atoms with E-state index >= 15 is 0 Å². The van der Waals surface area contributed by atoms with Gasteiger partial charge in [0.1, 0.15) is 0 Å². The molecule has 1 aromatic rings. The van der Waals surface area contributed by atoms with Crippen molar-refractivity contribution in [2.24, 2.45) is 12.5 Å². The predicted molar refractivity (Wildman–Crippen MR) is 69.8 cm³/mol. The molecule has 1 fully saturated rings. The molecule has 1 aliphatic rings. The fourth-order valence-corrected chi connectivity index (χ4v) is 2.88. The van der Waals surface area contributed by atoms with E-state index in [9.17, 15) is 9.59 Å². The number of carbonyl (C=O) groups excluding carboxylic acids is 1. The van der Waals surface area contributed by atoms with E-state index in [1.165, 1.54) is 4.80 Å². The minimum absolute atomic E-state index is 0.0360. The Bertz CT molecular complexity index is 493. The number of nitrogens with zero attached hydrogens (tertiary/aromatic N) is 4. The van der Waals surface area contributed by atoms with Crippen LogP contribution in [0.1, 0.15) is 44.9 Å². The number of carboxylic acids is 1. The Labute approximate surface area is 116 Å². The molecule has 1 heterocycles. The summed E-state index contributed by atoms with van der Waals surface area (Å²) in [5.41, 5.74) is -0.434. The first kappa shape index (κ1) is 14.4. The topological polar surface area (TPSA) is 110 Å². The van der Waals surface area contributed by atoms with Crippen LogP contribution in [0, 0.1) is 5.41 Å². The molecular weight excluding hydrogens is 262 g/mol. The molecule has 0 atom stereocenters. The van der Waals surface area contributed by atoms with Crippen LogP contribution in [0.3, 0.4) is 0 Å². The van der Waals surface area contributed by atoms with Crippen molar-refractivity contribution in [2.45, 2.75) is 44.9 Å². The summed E-state index contributed by atoms with van der Waals surface area (Å²) < 4.78 is 0. The van der Waals surface area contributed by atoms with Crippen molar-refractivity contribution >= 4 is 17.8 Å². The smallest absolute Gasteiger partial charge is 0.303 e. The Balaban J connectivity index is 1.99. The van der Waals surface area contributed by atoms with Gasteiger partial charge >= 0.3 is 5.97 Å². The third-order valence-corrected chi connectivity index (χ3v) is 3.74. The molecule has 0 spiro atoms. The van der Waals surface area contributed by atoms with Crippen LogP contribution in [-0.2, 0) is 16.6 Å². The number of tetrazole rings is 1. The molecule has 8 nitrogen and oxygen atoms in total. The summed E-state index contributed by atoms with van der Waals surface area (Å²) in [6.45, 7) is 0. The molecule has 1 aromatic heterocycles. The summed E-state index contributed by atoms with van der Waals surface area (Å²) in [5, 5.41) is 22.8. The van der Waals surface area contributed by atoms with Crippen molar-refractivity contribution < 1.29 is 14.7 Å². The van der Waals surface area contributed by atoms with Gasteiger partial charge in [-0.3, -0.25) is 14.9 Å². The number of carboxylic acid groups (broad SMARTS) is 1. The van der Waals surface area contributed by atoms with E-state index in [0.29, 0.717) is 0 Å². The lowest BCUT2D eigenvalue weighted by Gasteiger charge is -2.35. The van der Waals surface area contributed by atoms with Crippen LogP contribution >= 0.6 is 0 Å². The molecule has 0 aliphatic heterocycles. The third kappa shape index (κ3) is 3.75. The number of amides is 1. The molecule has 0 bridgehead atoms. The Morgan fingerprint density at radius 3 is 2.55 bits per heavy atom. The fourth-order valence-electron chi connectivity index (χ4n) is 2.88. The largest absolute Gasteiger partial charge is 0.481 e. The second kappa shape index (κ2) is 5.98. The second-order valence-corrected chi connectivity index (χ2v) is 5.46. The molecule has 1 amide bonds. The van der Waals surface area contributed by atoms with E-state index in [-0.39, 0.29) is 24.7 Å². The van der Waals surface area contributed by atoms with Crippen LogP contribution in [0.2, 0.25) is 0 Å². The van der Waals surface area contributed by atoms with Gasteiger partial charge in [0, 0.05) is 6.42 Å². The van der Waals surface area contributed by atoms with Gasteiger partial charge in [-0.2, -0.15) is 4.80 Å². The highest BCUT2D eigenvalue weighted by Crippen LogP contribution is 2.42. The quantitative estimate of drug-likeness (QED) is 0.832. The Morgan fingerprint density at radius 2 is 2.00 bits per heavy atom. The molecule has 1 aliphatic carbocycles. The van der Waals surface area contributed by atoms with Gasteiger partial charge in [-0.25, -0.2) is 0 Å². The minimum atomic E-state index is -0.850. The highest BCUT2D eigenvalue weighted by Gasteiger charge is 2.36. The zero-order chi connectivity index (χ0) is 14.6. The van der Waals surface area contributed by atoms with Crippen LogP contribution in [0.5, 0.6) is 0 Å². The Hall–Kier alpha value is -1.99. The standard InChI is InChI=1S/C12H19N5O3/c1-17-15-11(14-16-17)13-9(18)7-12(8-10(19)20)5-3-2-4-6-12/h2-8H2,1H3,(H,19,20)(H,13,15,18). The van der Waals surface area contributed by atoms with Crippen LogP contribution in [-0.4, -0.2) is 37.2 Å². The molecule has 8 heteroatoms. The Kier molecular flexibility index (Phi) is 4.31. The molecule has 20 heavy (non-hydrogen) atoms. The van der Waals surface area contributed by atoms with Crippen molar-refractivity contribution in [3.63, 3.8) is 0 Å². The van der Waals surface area contributed by atoms with Gasteiger partial charge in [-0.1, -0.05) is 24.4 Å². The molecular formula is C12H19N5O3. The number of aromatic nitrogens is 4. The van der Waals surface area contributed by atoms with E-state index in [1.54, 1.807) is 7.05 Å². The maximum Gasteiger partial charge on any atom is 0.303 e. The van der Waals surface area contributed by atoms with E-state index < -0.39 is 11.4 Å². The lowest BCUT2D eigenvalue weighted by Crippen LogP contribution is -2.32. The van der Waals surface area contributed by atoms with Gasteiger partial charge in [-0.05, 0) is 23.5 Å². The van der Waals surface area contributed by atoms with E-state index in [2.05, 4.69) is 20.7 Å². The highest BCUT2D eigenvalue weighted by atomic mass is 16.4. The number of nitrogens with one attached hydrogen (secondary N) is 1. The molecule has 0 saturated heterocycles. The van der Waals surface area contributed by atoms with Crippen molar-refractivity contribution in [2.75, 3.05) is 5.32 Å². The first-order valence-corrected chi connectivity index (χ1v) is 6.75. The molecule has 0 aromatic carbocycles. The first-order valence-electron chi connectivity index (χ1n) is 6.75. The summed E-state index contributed by atoms with van der Waals surface area (Å²) in [5.74, 6) is -0.947. The lowest BCUT2D eigenvalue weighted by molar-refractivity contribution is -0.140. The molecule has 2 N–H and O–H groups in total. The van der Waals surface area contributed by atoms with Gasteiger partial charge in [0.05, 0.1) is 13.5 Å². The van der Waals surface area contributed by atoms with Crippen molar-refractivity contribution in [3.05, 3.63) is 0 Å². The zero-order valence-corrected chi connectivity index (χ0v) is 11.5. The number of aryl methyl sites for hydroxylation is 1. The Morgan fingerprint density at radius 1 is 1.30 bits per heavy atom. The zero-order valence-electron chi connectivity index (χ0n) is 11.5. The highest BCUT2D eigenvalue weighted by molar-refractivity contribution is 5.89. The van der Waals surface area contributed by atoms with Gasteiger partial charge in [0.2, 0.25) is 5.91 Å². The number of hydrogen-bond acceptors (Lipinski definition) is 5. The molecule has 0 radical (unpaired) electrons. The van der Waals surface area contributed by atoms with Crippen molar-refractivity contribution in [1.82, 2.24) is 20.2 Å². The van der Waals surface area contributed by atoms with Crippen LogP contribution in [0.25, 0.3) is 0 Å². The molecule has 0 unspecified atom stereocenters. The monoisotopic (exact) mass is 281 g/mol. The lowest BCUT2D eigenvalue weighted by atomic mass is 9.69. The maximum absolute atomic E-state index is 12.1. The number of rotatable bonds is 5. The number of aliphatic carboxylic acids is 1. The van der Waals surface area contributed by atoms with Gasteiger partial charge in [0.15, 0.2) is 0 Å². The normalized spacial score (nSPS) is 17.6. The van der Waals surface area contributed by atoms with E-state index in [1.807, 2.05) is 0 Å². The second-order valence-electron chi connectivity index (χ2n) is 5.46. The molecule has 1 saturated carbocycles. The fraction of sp³-hybridized carbons (Fsp3) is 0.750. The third-order valence-electron chi connectivity index (χ3n) is 3.74. The minimum Gasteiger partial charge on any atom is -0.481 e. The van der Waals surface area contributed by atoms with Crippen LogP contribution in [0.15, 0.2) is 0 Å². The van der Waals surface area contributed by atoms with Gasteiger partial charge < -0.3 is 5.11 Å². The SMILES string of the molecule is Cn1nnc(NC(=O)CC2(CC(=O)O)CCCCC2)n1. The summed E-state index contributed by atoms with van der Waals surface area (Å²) >= 11 is 0. The van der Waals surface area contributed by atoms with E-state index in [0.717, 1.165) is 32.1 Å². The van der Waals surface area contributed by atoms with Gasteiger partial charge in [0.25, 0.3) is 5.95 Å². The van der Waals surface area contributed by atoms with Crippen molar-refractivity contribution in [3.8, 4) is 0 Å². The number of hydrogen-bond donors (Lipinski definition) is 2. The molecule has 2 rings (SSSR count). The van der Waals surface area contributed by atoms with Crippen LogP contribution in [0.4, 0.5) is 5.95 Å². The maximum atomic E-state index is 12.1. The summed E-state index contributed by atoms with van der Waals surface area (Å²) in [6, 6.07) is 0. The van der Waals surface area contributed by atoms with E-state index in [4.69, 9.17) is 5.11 Å². The summed E-state index contributed by atoms with van der Waals surface area (Å²) in [7, 11) is 1.61. The predicted octanol–water partition coefficient (Wildman–Crippen LogP) is 0.964. The number of carbonyl (C=O) groups is 2. The first-order chi connectivity index (χ1) is 9.49.